The molecule has 0 aliphatic carbocycles. The van der Waals surface area contributed by atoms with Gasteiger partial charge in [0.05, 0.1) is 6.61 Å². The zero-order valence-electron chi connectivity index (χ0n) is 19.1. The molecular weight excluding hydrogens is 412 g/mol. The third kappa shape index (κ3) is 5.27. The van der Waals surface area contributed by atoms with Crippen molar-refractivity contribution in [1.29, 1.82) is 0 Å². The first-order chi connectivity index (χ1) is 14.4. The van der Waals surface area contributed by atoms with E-state index in [0.29, 0.717) is 24.7 Å². The number of halogens is 2. The lowest BCUT2D eigenvalue weighted by Gasteiger charge is -2.36. The van der Waals surface area contributed by atoms with Crippen LogP contribution in [0.1, 0.15) is 33.3 Å². The van der Waals surface area contributed by atoms with E-state index in [1.807, 2.05) is 24.3 Å². The van der Waals surface area contributed by atoms with E-state index in [0.717, 1.165) is 23.3 Å². The fraction of sp³-hybridized carbons (Fsp3) is 0.417. The molecule has 1 N–H and O–H groups in total. The van der Waals surface area contributed by atoms with E-state index in [2.05, 4.69) is 49.4 Å². The van der Waals surface area contributed by atoms with Crippen LogP contribution in [0.2, 0.25) is 18.1 Å². The van der Waals surface area contributed by atoms with Gasteiger partial charge >= 0.3 is 0 Å². The molecule has 0 aliphatic rings. The van der Waals surface area contributed by atoms with Crippen LogP contribution in [-0.4, -0.2) is 31.7 Å². The number of rotatable bonds is 7. The topological polar surface area (TPSA) is 47.0 Å². The number of anilines is 1. The molecule has 4 nitrogen and oxygen atoms in total. The van der Waals surface area contributed by atoms with Gasteiger partial charge < -0.3 is 9.74 Å². The van der Waals surface area contributed by atoms with Crippen molar-refractivity contribution in [2.75, 3.05) is 18.5 Å². The highest BCUT2D eigenvalue weighted by molar-refractivity contribution is 6.74. The summed E-state index contributed by atoms with van der Waals surface area (Å²) < 4.78 is 33.3. The van der Waals surface area contributed by atoms with Gasteiger partial charge in [-0.1, -0.05) is 69.3 Å². The summed E-state index contributed by atoms with van der Waals surface area (Å²) in [4.78, 5) is 0. The molecule has 1 heterocycles. The lowest BCUT2D eigenvalue weighted by molar-refractivity contribution is 0.0175. The number of nitrogens with zero attached hydrogens (tertiary/aromatic N) is 2. The van der Waals surface area contributed by atoms with Crippen LogP contribution in [0.5, 0.6) is 0 Å². The van der Waals surface area contributed by atoms with Crippen molar-refractivity contribution < 1.29 is 13.2 Å². The average molecular weight is 444 g/mol. The van der Waals surface area contributed by atoms with Gasteiger partial charge in [-0.2, -0.15) is 0 Å². The molecule has 0 radical (unpaired) electrons. The molecule has 0 saturated heterocycles. The normalized spacial score (nSPS) is 12.9. The molecule has 31 heavy (non-hydrogen) atoms. The highest BCUT2D eigenvalue weighted by Gasteiger charge is 2.36. The van der Waals surface area contributed by atoms with Crippen molar-refractivity contribution in [3.63, 3.8) is 0 Å². The SMILES string of the molecule is CC(F)(F)c1ccc(-c2nnc(NCCO[Si](C)(C)C(C)(C)C)c3ccccc23)cc1. The Bertz CT molecular complexity index is 1040. The molecule has 0 atom stereocenters. The zero-order valence-corrected chi connectivity index (χ0v) is 20.1. The minimum Gasteiger partial charge on any atom is -0.415 e. The summed E-state index contributed by atoms with van der Waals surface area (Å²) in [5.74, 6) is -2.18. The fourth-order valence-electron chi connectivity index (χ4n) is 3.06. The van der Waals surface area contributed by atoms with Crippen LogP contribution in [0.25, 0.3) is 22.0 Å². The minimum absolute atomic E-state index is 0.0199. The van der Waals surface area contributed by atoms with Crippen LogP contribution >= 0.6 is 0 Å². The summed E-state index contributed by atoms with van der Waals surface area (Å²) in [7, 11) is -1.80. The molecule has 2 aromatic carbocycles. The second-order valence-corrected chi connectivity index (χ2v) is 14.3. The maximum atomic E-state index is 13.5. The Balaban J connectivity index is 1.80. The lowest BCUT2D eigenvalue weighted by Crippen LogP contribution is -2.41. The van der Waals surface area contributed by atoms with Crippen LogP contribution in [0, 0.1) is 0 Å². The predicted molar refractivity (Wildman–Crippen MR) is 126 cm³/mol. The quantitative estimate of drug-likeness (QED) is 0.321. The monoisotopic (exact) mass is 443 g/mol. The van der Waals surface area contributed by atoms with Crippen molar-refractivity contribution in [3.05, 3.63) is 54.1 Å². The smallest absolute Gasteiger partial charge is 0.270 e. The Morgan fingerprint density at radius 1 is 0.903 bits per heavy atom. The van der Waals surface area contributed by atoms with E-state index >= 15 is 0 Å². The standard InChI is InChI=1S/C24H31F2N3OSi/c1-23(2,3)31(5,6)30-16-15-27-22-20-10-8-7-9-19(20)21(28-29-22)17-11-13-18(14-12-17)24(4,25)26/h7-14H,15-16H2,1-6H3,(H,27,29). The van der Waals surface area contributed by atoms with Crippen LogP contribution in [-0.2, 0) is 10.3 Å². The molecule has 0 amide bonds. The molecule has 3 aromatic rings. The summed E-state index contributed by atoms with van der Waals surface area (Å²) in [5.41, 5.74) is 1.41. The summed E-state index contributed by atoms with van der Waals surface area (Å²) >= 11 is 0. The molecule has 3 rings (SSSR count). The van der Waals surface area contributed by atoms with Crippen molar-refractivity contribution in [1.82, 2.24) is 10.2 Å². The van der Waals surface area contributed by atoms with E-state index < -0.39 is 14.2 Å². The van der Waals surface area contributed by atoms with Gasteiger partial charge in [-0.3, -0.25) is 0 Å². The Morgan fingerprint density at radius 2 is 1.52 bits per heavy atom. The molecule has 1 aromatic heterocycles. The Morgan fingerprint density at radius 3 is 2.10 bits per heavy atom. The second kappa shape index (κ2) is 8.63. The Labute approximate surface area is 184 Å². The number of hydrogen-bond acceptors (Lipinski definition) is 4. The molecule has 0 fully saturated rings. The molecular formula is C24H31F2N3OSi. The number of benzene rings is 2. The maximum Gasteiger partial charge on any atom is 0.270 e. The summed E-state index contributed by atoms with van der Waals surface area (Å²) in [6, 6.07) is 14.1. The van der Waals surface area contributed by atoms with Crippen molar-refractivity contribution in [2.24, 2.45) is 0 Å². The van der Waals surface area contributed by atoms with Crippen LogP contribution in [0.15, 0.2) is 48.5 Å². The maximum absolute atomic E-state index is 13.5. The summed E-state index contributed by atoms with van der Waals surface area (Å²) in [6.07, 6.45) is 0. The number of fused-ring (bicyclic) bond motifs is 1. The summed E-state index contributed by atoms with van der Waals surface area (Å²) in [5, 5.41) is 14.1. The second-order valence-electron chi connectivity index (χ2n) is 9.44. The average Bonchev–Trinajstić information content (AvgIpc) is 2.70. The van der Waals surface area contributed by atoms with Crippen molar-refractivity contribution in [2.45, 2.75) is 51.7 Å². The van der Waals surface area contributed by atoms with Gasteiger partial charge in [0.2, 0.25) is 0 Å². The number of aromatic nitrogens is 2. The van der Waals surface area contributed by atoms with E-state index in [-0.39, 0.29) is 10.6 Å². The predicted octanol–water partition coefficient (Wildman–Crippen LogP) is 6.84. The molecule has 0 unspecified atom stereocenters. The number of hydrogen-bond donors (Lipinski definition) is 1. The van der Waals surface area contributed by atoms with Crippen molar-refractivity contribution >= 4 is 24.9 Å². The van der Waals surface area contributed by atoms with E-state index in [9.17, 15) is 8.78 Å². The number of nitrogens with one attached hydrogen (secondary N) is 1. The first kappa shape index (κ1) is 23.3. The largest absolute Gasteiger partial charge is 0.415 e. The highest BCUT2D eigenvalue weighted by atomic mass is 28.4. The molecule has 166 valence electrons. The molecule has 7 heteroatoms. The van der Waals surface area contributed by atoms with E-state index in [1.165, 1.54) is 12.1 Å². The van der Waals surface area contributed by atoms with Crippen LogP contribution < -0.4 is 5.32 Å². The molecule has 0 bridgehead atoms. The number of alkyl halides is 2. The van der Waals surface area contributed by atoms with Gasteiger partial charge in [0.15, 0.2) is 14.1 Å². The van der Waals surface area contributed by atoms with Crippen molar-refractivity contribution in [3.8, 4) is 11.3 Å². The van der Waals surface area contributed by atoms with Gasteiger partial charge in [0.25, 0.3) is 5.92 Å². The van der Waals surface area contributed by atoms with Gasteiger partial charge in [0, 0.05) is 35.4 Å². The minimum atomic E-state index is -2.87. The van der Waals surface area contributed by atoms with Gasteiger partial charge in [-0.05, 0) is 18.1 Å². The Kier molecular flexibility index (Phi) is 6.48. The van der Waals surface area contributed by atoms with E-state index in [4.69, 9.17) is 4.43 Å². The van der Waals surface area contributed by atoms with Crippen LogP contribution in [0.3, 0.4) is 0 Å². The third-order valence-corrected chi connectivity index (χ3v) is 10.6. The van der Waals surface area contributed by atoms with E-state index in [1.54, 1.807) is 12.1 Å². The van der Waals surface area contributed by atoms with Crippen LogP contribution in [0.4, 0.5) is 14.6 Å². The van der Waals surface area contributed by atoms with Gasteiger partial charge in [-0.25, -0.2) is 8.78 Å². The molecule has 0 spiro atoms. The molecule has 0 aliphatic heterocycles. The summed E-state index contributed by atoms with van der Waals surface area (Å²) in [6.45, 7) is 13.3. The molecule has 0 saturated carbocycles. The first-order valence-electron chi connectivity index (χ1n) is 10.5. The third-order valence-electron chi connectivity index (χ3n) is 6.02. The van der Waals surface area contributed by atoms with Gasteiger partial charge in [0.1, 0.15) is 5.69 Å². The van der Waals surface area contributed by atoms with Gasteiger partial charge in [-0.15, -0.1) is 10.2 Å². The Hall–Kier alpha value is -2.38. The highest BCUT2D eigenvalue weighted by Crippen LogP contribution is 2.36. The first-order valence-corrected chi connectivity index (χ1v) is 13.4. The lowest BCUT2D eigenvalue weighted by atomic mass is 10.0. The fourth-order valence-corrected chi connectivity index (χ4v) is 4.11. The zero-order chi connectivity index (χ0) is 22.9.